The van der Waals surface area contributed by atoms with E-state index in [0.717, 1.165) is 32.1 Å². The number of rotatable bonds is 3. The maximum absolute atomic E-state index is 12.5. The van der Waals surface area contributed by atoms with Crippen LogP contribution < -0.4 is 0 Å². The molecule has 2 saturated carbocycles. The van der Waals surface area contributed by atoms with E-state index in [1.807, 2.05) is 0 Å². The molecule has 2 fully saturated rings. The number of carbonyl (C=O) groups excluding carboxylic acids is 1. The number of ketones is 1. The summed E-state index contributed by atoms with van der Waals surface area (Å²) in [5.74, 6) is 0.572. The molecule has 23 heavy (non-hydrogen) atoms. The van der Waals surface area contributed by atoms with Gasteiger partial charge in [0.05, 0.1) is 0 Å². The first-order valence-electron chi connectivity index (χ1n) is 8.73. The van der Waals surface area contributed by atoms with Crippen molar-refractivity contribution in [2.24, 2.45) is 17.3 Å². The molecule has 4 nitrogen and oxygen atoms in total. The molecule has 4 heteroatoms. The molecule has 0 amide bonds. The summed E-state index contributed by atoms with van der Waals surface area (Å²) < 4.78 is 11.0. The Morgan fingerprint density at radius 3 is 2.83 bits per heavy atom. The van der Waals surface area contributed by atoms with Crippen LogP contribution in [-0.4, -0.2) is 30.9 Å². The molecule has 3 aliphatic rings. The lowest BCUT2D eigenvalue weighted by molar-refractivity contribution is -0.119. The predicted molar refractivity (Wildman–Crippen MR) is 88.0 cm³/mol. The molecule has 0 aromatic carbocycles. The molecule has 0 aromatic rings. The van der Waals surface area contributed by atoms with E-state index < -0.39 is 6.10 Å². The molecule has 0 radical (unpaired) electrons. The molecule has 0 aliphatic heterocycles. The zero-order chi connectivity index (χ0) is 16.6. The number of hydrogen-bond donors (Lipinski definition) is 1. The van der Waals surface area contributed by atoms with Crippen molar-refractivity contribution in [3.05, 3.63) is 23.0 Å². The van der Waals surface area contributed by atoms with Gasteiger partial charge in [-0.2, -0.15) is 0 Å². The zero-order valence-corrected chi connectivity index (χ0v) is 14.4. The number of fused-ring (bicyclic) bond motifs is 3. The minimum absolute atomic E-state index is 0.0243. The average Bonchev–Trinajstić information content (AvgIpc) is 2.81. The quantitative estimate of drug-likeness (QED) is 0.632. The van der Waals surface area contributed by atoms with E-state index in [1.165, 1.54) is 5.57 Å². The molecular formula is C19H28O4. The smallest absolute Gasteiger partial charge is 0.162 e. The van der Waals surface area contributed by atoms with Crippen molar-refractivity contribution in [3.8, 4) is 0 Å². The molecule has 0 spiro atoms. The van der Waals surface area contributed by atoms with Gasteiger partial charge in [-0.1, -0.05) is 25.5 Å². The normalized spacial score (nSPS) is 39.0. The highest BCUT2D eigenvalue weighted by Gasteiger charge is 2.47. The highest BCUT2D eigenvalue weighted by atomic mass is 16.7. The van der Waals surface area contributed by atoms with E-state index in [1.54, 1.807) is 7.11 Å². The van der Waals surface area contributed by atoms with Gasteiger partial charge in [0.2, 0.25) is 0 Å². The van der Waals surface area contributed by atoms with Crippen LogP contribution in [0.25, 0.3) is 0 Å². The van der Waals surface area contributed by atoms with E-state index in [4.69, 9.17) is 9.47 Å². The van der Waals surface area contributed by atoms with Crippen molar-refractivity contribution in [1.82, 2.24) is 0 Å². The predicted octanol–water partition coefficient (Wildman–Crippen LogP) is 3.92. The molecule has 0 saturated heterocycles. The standard InChI is InChI=1S/C19H28O4/c1-19(2)13-8-7-12-5-4-6-15(20)16(12)17(21)18(23-11-22-3)14(19)10-9-13/h8,12,14,18,21H,4-7,9-11H2,1-3H3/b13-8+,17-16+/t12-,14-,18-/m1/s1. The van der Waals surface area contributed by atoms with Crippen LogP contribution in [-0.2, 0) is 14.3 Å². The first-order valence-corrected chi connectivity index (χ1v) is 8.73. The maximum Gasteiger partial charge on any atom is 0.162 e. The van der Waals surface area contributed by atoms with E-state index in [0.29, 0.717) is 12.0 Å². The van der Waals surface area contributed by atoms with Crippen LogP contribution in [0.1, 0.15) is 52.4 Å². The van der Waals surface area contributed by atoms with Gasteiger partial charge in [0.1, 0.15) is 18.7 Å². The summed E-state index contributed by atoms with van der Waals surface area (Å²) in [6, 6.07) is 0. The van der Waals surface area contributed by atoms with Crippen molar-refractivity contribution in [3.63, 3.8) is 0 Å². The maximum atomic E-state index is 12.5. The second-order valence-corrected chi connectivity index (χ2v) is 7.64. The third-order valence-electron chi connectivity index (χ3n) is 6.07. The van der Waals surface area contributed by atoms with E-state index in [9.17, 15) is 9.90 Å². The lowest BCUT2D eigenvalue weighted by Gasteiger charge is -2.35. The van der Waals surface area contributed by atoms with Crippen LogP contribution >= 0.6 is 0 Å². The highest BCUT2D eigenvalue weighted by Crippen LogP contribution is 2.52. The SMILES string of the molecule is COCO[C@H]1/C(O)=C2\C(=O)CCC[C@@H]2C/C=C2\CC[C@H]1C2(C)C. The van der Waals surface area contributed by atoms with Crippen LogP contribution in [0, 0.1) is 17.3 Å². The number of Topliss-reactive ketones (excluding diaryl/α,β-unsaturated/α-hetero) is 1. The van der Waals surface area contributed by atoms with Gasteiger partial charge in [-0.3, -0.25) is 4.79 Å². The number of methoxy groups -OCH3 is 1. The third kappa shape index (κ3) is 2.87. The molecule has 3 aliphatic carbocycles. The Hall–Kier alpha value is -1.13. The first-order chi connectivity index (χ1) is 11.0. The van der Waals surface area contributed by atoms with Crippen LogP contribution in [0.2, 0.25) is 0 Å². The van der Waals surface area contributed by atoms with Gasteiger partial charge < -0.3 is 14.6 Å². The summed E-state index contributed by atoms with van der Waals surface area (Å²) in [5, 5.41) is 11.0. The lowest BCUT2D eigenvalue weighted by atomic mass is 9.75. The highest BCUT2D eigenvalue weighted by molar-refractivity contribution is 5.97. The average molecular weight is 320 g/mol. The minimum atomic E-state index is -0.450. The van der Waals surface area contributed by atoms with Crippen LogP contribution in [0.5, 0.6) is 0 Å². The van der Waals surface area contributed by atoms with Crippen molar-refractivity contribution >= 4 is 5.78 Å². The van der Waals surface area contributed by atoms with Gasteiger partial charge in [-0.25, -0.2) is 0 Å². The monoisotopic (exact) mass is 320 g/mol. The fraction of sp³-hybridized carbons (Fsp3) is 0.737. The summed E-state index contributed by atoms with van der Waals surface area (Å²) in [6.07, 6.45) is 7.18. The molecule has 3 atom stereocenters. The number of hydrogen-bond acceptors (Lipinski definition) is 4. The van der Waals surface area contributed by atoms with Gasteiger partial charge in [0.25, 0.3) is 0 Å². The fourth-order valence-electron chi connectivity index (χ4n) is 4.70. The number of aliphatic hydroxyl groups is 1. The van der Waals surface area contributed by atoms with E-state index >= 15 is 0 Å². The van der Waals surface area contributed by atoms with Crippen molar-refractivity contribution < 1.29 is 19.4 Å². The molecule has 2 bridgehead atoms. The fourth-order valence-corrected chi connectivity index (χ4v) is 4.70. The Bertz CT molecular complexity index is 544. The summed E-state index contributed by atoms with van der Waals surface area (Å²) in [5.41, 5.74) is 2.04. The van der Waals surface area contributed by atoms with Gasteiger partial charge in [-0.05, 0) is 43.4 Å². The summed E-state index contributed by atoms with van der Waals surface area (Å²) in [4.78, 5) is 12.5. The summed E-state index contributed by atoms with van der Waals surface area (Å²) in [6.45, 7) is 4.59. The second-order valence-electron chi connectivity index (χ2n) is 7.64. The van der Waals surface area contributed by atoms with E-state index in [-0.39, 0.29) is 35.6 Å². The van der Waals surface area contributed by atoms with Gasteiger partial charge in [0, 0.05) is 25.0 Å². The molecular weight excluding hydrogens is 292 g/mol. The van der Waals surface area contributed by atoms with E-state index in [2.05, 4.69) is 19.9 Å². The Morgan fingerprint density at radius 2 is 2.09 bits per heavy atom. The Morgan fingerprint density at radius 1 is 1.30 bits per heavy atom. The second kappa shape index (κ2) is 6.40. The Balaban J connectivity index is 2.07. The summed E-state index contributed by atoms with van der Waals surface area (Å²) in [7, 11) is 1.58. The molecule has 0 heterocycles. The number of ether oxygens (including phenoxy) is 2. The molecule has 1 N–H and O–H groups in total. The van der Waals surface area contributed by atoms with Crippen molar-refractivity contribution in [2.75, 3.05) is 13.9 Å². The van der Waals surface area contributed by atoms with Crippen LogP contribution in [0.15, 0.2) is 23.0 Å². The Kier molecular flexibility index (Phi) is 4.65. The minimum Gasteiger partial charge on any atom is -0.509 e. The van der Waals surface area contributed by atoms with Crippen molar-refractivity contribution in [1.29, 1.82) is 0 Å². The van der Waals surface area contributed by atoms with Gasteiger partial charge in [-0.15, -0.1) is 0 Å². The third-order valence-corrected chi connectivity index (χ3v) is 6.07. The van der Waals surface area contributed by atoms with Gasteiger partial charge >= 0.3 is 0 Å². The largest absolute Gasteiger partial charge is 0.509 e. The first kappa shape index (κ1) is 16.7. The van der Waals surface area contributed by atoms with Crippen molar-refractivity contribution in [2.45, 2.75) is 58.5 Å². The summed E-state index contributed by atoms with van der Waals surface area (Å²) >= 11 is 0. The lowest BCUT2D eigenvalue weighted by Crippen LogP contribution is -2.36. The molecule has 0 unspecified atom stereocenters. The number of carbonyl (C=O) groups is 1. The molecule has 3 rings (SSSR count). The van der Waals surface area contributed by atoms with Gasteiger partial charge in [0.15, 0.2) is 5.78 Å². The molecule has 0 aromatic heterocycles. The Labute approximate surface area is 138 Å². The molecule has 128 valence electrons. The topological polar surface area (TPSA) is 55.8 Å². The number of allylic oxidation sites excluding steroid dienone is 3. The van der Waals surface area contributed by atoms with Crippen LogP contribution in [0.4, 0.5) is 0 Å². The van der Waals surface area contributed by atoms with Crippen LogP contribution in [0.3, 0.4) is 0 Å². The zero-order valence-electron chi connectivity index (χ0n) is 14.4. The number of aliphatic hydroxyl groups excluding tert-OH is 1.